The normalized spacial score (nSPS) is 19.5. The number of ether oxygens (including phenoxy) is 2. The molecule has 0 saturated heterocycles. The van der Waals surface area contributed by atoms with Gasteiger partial charge in [0.1, 0.15) is 22.7 Å². The van der Waals surface area contributed by atoms with Gasteiger partial charge in [0.05, 0.1) is 0 Å². The lowest BCUT2D eigenvalue weighted by atomic mass is 9.67. The van der Waals surface area contributed by atoms with E-state index in [4.69, 9.17) is 9.47 Å². The molecule has 1 saturated carbocycles. The van der Waals surface area contributed by atoms with Crippen molar-refractivity contribution in [3.8, 4) is 11.5 Å². The monoisotopic (exact) mass is 576 g/mol. The minimum Gasteiger partial charge on any atom is -0.487 e. The minimum atomic E-state index is -0.108. The Morgan fingerprint density at radius 2 is 0.929 bits per heavy atom. The van der Waals surface area contributed by atoms with E-state index in [2.05, 4.69) is 91.8 Å². The van der Waals surface area contributed by atoms with Crippen molar-refractivity contribution in [1.29, 1.82) is 0 Å². The molecule has 236 valence electrons. The summed E-state index contributed by atoms with van der Waals surface area (Å²) in [5, 5.41) is 0. The van der Waals surface area contributed by atoms with Gasteiger partial charge in [-0.15, -0.1) is 0 Å². The van der Waals surface area contributed by atoms with Gasteiger partial charge in [0.2, 0.25) is 0 Å². The van der Waals surface area contributed by atoms with E-state index in [1.165, 1.54) is 92.9 Å². The SMILES string of the molecule is CCCC(C)(CC)Oc1ccc(C2(c3ccc(OC(C)(CC)CCC)c(C)c3)CCCCCCCCCCC2)cc1C. The van der Waals surface area contributed by atoms with Crippen LogP contribution < -0.4 is 9.47 Å². The van der Waals surface area contributed by atoms with Crippen LogP contribution in [0.5, 0.6) is 11.5 Å². The standard InChI is InChI=1S/C40H64O2/c1-9-26-38(7,11-3)41-36-24-22-34(30-32(36)5)40(28-20-18-16-14-13-15-17-19-21-29-40)35-23-25-37(33(6)31-35)42-39(8,12-4)27-10-2/h22-25,30-31H,9-21,26-29H2,1-8H3. The third-order valence-electron chi connectivity index (χ3n) is 10.4. The van der Waals surface area contributed by atoms with Crippen molar-refractivity contribution in [1.82, 2.24) is 0 Å². The van der Waals surface area contributed by atoms with Crippen LogP contribution in [0.25, 0.3) is 0 Å². The van der Waals surface area contributed by atoms with Crippen LogP contribution in [0.3, 0.4) is 0 Å². The van der Waals surface area contributed by atoms with E-state index >= 15 is 0 Å². The topological polar surface area (TPSA) is 18.5 Å². The second kappa shape index (κ2) is 16.2. The van der Waals surface area contributed by atoms with Crippen molar-refractivity contribution < 1.29 is 9.47 Å². The molecule has 2 nitrogen and oxygen atoms in total. The lowest BCUT2D eigenvalue weighted by molar-refractivity contribution is 0.0730. The summed E-state index contributed by atoms with van der Waals surface area (Å²) in [5.74, 6) is 2.10. The third-order valence-corrected chi connectivity index (χ3v) is 10.4. The molecule has 2 aromatic rings. The van der Waals surface area contributed by atoms with Crippen molar-refractivity contribution in [3.63, 3.8) is 0 Å². The molecule has 0 aromatic heterocycles. The van der Waals surface area contributed by atoms with Crippen LogP contribution in [-0.4, -0.2) is 11.2 Å². The zero-order valence-electron chi connectivity index (χ0n) is 28.8. The Labute approximate surface area is 260 Å². The van der Waals surface area contributed by atoms with E-state index in [9.17, 15) is 0 Å². The molecule has 0 spiro atoms. The summed E-state index contributed by atoms with van der Waals surface area (Å²) in [4.78, 5) is 0. The molecule has 2 aromatic carbocycles. The first-order chi connectivity index (χ1) is 20.1. The highest BCUT2D eigenvalue weighted by molar-refractivity contribution is 5.48. The Kier molecular flexibility index (Phi) is 13.3. The van der Waals surface area contributed by atoms with E-state index < -0.39 is 0 Å². The predicted molar refractivity (Wildman–Crippen MR) is 182 cm³/mol. The van der Waals surface area contributed by atoms with Gasteiger partial charge in [-0.3, -0.25) is 0 Å². The first kappa shape index (κ1) is 34.5. The molecular formula is C40H64O2. The smallest absolute Gasteiger partial charge is 0.123 e. The number of aryl methyl sites for hydroxylation is 2. The third kappa shape index (κ3) is 9.03. The lowest BCUT2D eigenvalue weighted by Gasteiger charge is -2.38. The largest absolute Gasteiger partial charge is 0.487 e. The van der Waals surface area contributed by atoms with E-state index in [-0.39, 0.29) is 16.6 Å². The summed E-state index contributed by atoms with van der Waals surface area (Å²) in [6, 6.07) is 14.3. The molecule has 1 aliphatic rings. The van der Waals surface area contributed by atoms with E-state index in [0.29, 0.717) is 0 Å². The molecule has 0 bridgehead atoms. The number of hydrogen-bond acceptors (Lipinski definition) is 2. The number of benzene rings is 2. The molecule has 2 unspecified atom stereocenters. The highest BCUT2D eigenvalue weighted by Gasteiger charge is 2.35. The number of hydrogen-bond donors (Lipinski definition) is 0. The summed E-state index contributed by atoms with van der Waals surface area (Å²) >= 11 is 0. The highest BCUT2D eigenvalue weighted by atomic mass is 16.5. The van der Waals surface area contributed by atoms with Gasteiger partial charge >= 0.3 is 0 Å². The van der Waals surface area contributed by atoms with Crippen LogP contribution in [0, 0.1) is 13.8 Å². The zero-order valence-corrected chi connectivity index (χ0v) is 28.8. The van der Waals surface area contributed by atoms with Crippen molar-refractivity contribution >= 4 is 0 Å². The molecule has 0 amide bonds. The van der Waals surface area contributed by atoms with Crippen molar-refractivity contribution in [2.75, 3.05) is 0 Å². The fraction of sp³-hybridized carbons (Fsp3) is 0.700. The zero-order chi connectivity index (χ0) is 30.6. The molecule has 0 radical (unpaired) electrons. The second-order valence-electron chi connectivity index (χ2n) is 14.0. The fourth-order valence-corrected chi connectivity index (χ4v) is 7.27. The highest BCUT2D eigenvalue weighted by Crippen LogP contribution is 2.45. The Balaban J connectivity index is 2.06. The van der Waals surface area contributed by atoms with Crippen LogP contribution in [-0.2, 0) is 5.41 Å². The van der Waals surface area contributed by atoms with Crippen molar-refractivity contribution in [2.45, 2.75) is 181 Å². The first-order valence-electron chi connectivity index (χ1n) is 17.7. The lowest BCUT2D eigenvalue weighted by Crippen LogP contribution is -2.32. The van der Waals surface area contributed by atoms with Crippen LogP contribution >= 0.6 is 0 Å². The van der Waals surface area contributed by atoms with Gasteiger partial charge in [-0.1, -0.05) is 123 Å². The molecule has 42 heavy (non-hydrogen) atoms. The Bertz CT molecular complexity index is 1000. The Hall–Kier alpha value is -1.96. The van der Waals surface area contributed by atoms with E-state index in [0.717, 1.165) is 50.0 Å². The van der Waals surface area contributed by atoms with Crippen LogP contribution in [0.1, 0.15) is 173 Å². The van der Waals surface area contributed by atoms with Crippen LogP contribution in [0.15, 0.2) is 36.4 Å². The quantitative estimate of drug-likeness (QED) is 0.250. The molecule has 2 atom stereocenters. The molecule has 0 aliphatic heterocycles. The average Bonchev–Trinajstić information content (AvgIpc) is 2.96. The summed E-state index contributed by atoms with van der Waals surface area (Å²) in [6.07, 6.45) is 21.1. The molecule has 2 heteroatoms. The minimum absolute atomic E-state index is 0.0146. The molecule has 0 N–H and O–H groups in total. The van der Waals surface area contributed by atoms with Gasteiger partial charge in [0.15, 0.2) is 0 Å². The maximum absolute atomic E-state index is 6.71. The van der Waals surface area contributed by atoms with Gasteiger partial charge in [0.25, 0.3) is 0 Å². The summed E-state index contributed by atoms with van der Waals surface area (Å²) in [6.45, 7) is 18.1. The second-order valence-corrected chi connectivity index (χ2v) is 14.0. The molecule has 1 aliphatic carbocycles. The van der Waals surface area contributed by atoms with Crippen LogP contribution in [0.4, 0.5) is 0 Å². The Morgan fingerprint density at radius 3 is 1.24 bits per heavy atom. The van der Waals surface area contributed by atoms with Gasteiger partial charge in [0, 0.05) is 5.41 Å². The summed E-state index contributed by atoms with van der Waals surface area (Å²) < 4.78 is 13.4. The summed E-state index contributed by atoms with van der Waals surface area (Å²) in [5.41, 5.74) is 5.27. The van der Waals surface area contributed by atoms with Gasteiger partial charge < -0.3 is 9.47 Å². The van der Waals surface area contributed by atoms with E-state index in [1.54, 1.807) is 0 Å². The number of rotatable bonds is 12. The van der Waals surface area contributed by atoms with E-state index in [1.807, 2.05) is 0 Å². The fourth-order valence-electron chi connectivity index (χ4n) is 7.27. The van der Waals surface area contributed by atoms with Gasteiger partial charge in [-0.05, 0) is 101 Å². The maximum Gasteiger partial charge on any atom is 0.123 e. The van der Waals surface area contributed by atoms with Crippen LogP contribution in [0.2, 0.25) is 0 Å². The molecule has 0 heterocycles. The van der Waals surface area contributed by atoms with Gasteiger partial charge in [-0.2, -0.15) is 0 Å². The van der Waals surface area contributed by atoms with Crippen molar-refractivity contribution in [2.24, 2.45) is 0 Å². The molecule has 1 fully saturated rings. The maximum atomic E-state index is 6.71. The Morgan fingerprint density at radius 1 is 0.571 bits per heavy atom. The van der Waals surface area contributed by atoms with Crippen molar-refractivity contribution in [3.05, 3.63) is 58.7 Å². The molecule has 3 rings (SSSR count). The predicted octanol–water partition coefficient (Wildman–Crippen LogP) is 12.6. The molecular weight excluding hydrogens is 512 g/mol. The first-order valence-corrected chi connectivity index (χ1v) is 17.7. The summed E-state index contributed by atoms with van der Waals surface area (Å²) in [7, 11) is 0. The van der Waals surface area contributed by atoms with Gasteiger partial charge in [-0.25, -0.2) is 0 Å². The average molecular weight is 577 g/mol.